The fraction of sp³-hybridized carbons (Fsp3) is 0.333. The number of rotatable bonds is 4. The van der Waals surface area contributed by atoms with E-state index in [2.05, 4.69) is 0 Å². The number of nitrogens with two attached hydrogens (primary N) is 1. The van der Waals surface area contributed by atoms with Crippen molar-refractivity contribution in [2.24, 2.45) is 5.73 Å². The van der Waals surface area contributed by atoms with E-state index < -0.39 is 6.10 Å². The summed E-state index contributed by atoms with van der Waals surface area (Å²) >= 11 is 0. The van der Waals surface area contributed by atoms with Crippen molar-refractivity contribution in [3.05, 3.63) is 41.5 Å². The van der Waals surface area contributed by atoms with Crippen LogP contribution < -0.4 is 5.73 Å². The molecule has 0 bridgehead atoms. The summed E-state index contributed by atoms with van der Waals surface area (Å²) in [7, 11) is 0. The first-order chi connectivity index (χ1) is 6.77. The lowest BCUT2D eigenvalue weighted by Crippen LogP contribution is -2.06. The zero-order valence-corrected chi connectivity index (χ0v) is 8.48. The van der Waals surface area contributed by atoms with Gasteiger partial charge in [-0.2, -0.15) is 0 Å². The Hall–Kier alpha value is -1.12. The summed E-state index contributed by atoms with van der Waals surface area (Å²) in [4.78, 5) is 0. The summed E-state index contributed by atoms with van der Waals surface area (Å²) < 4.78 is 0. The van der Waals surface area contributed by atoms with E-state index in [1.54, 1.807) is 0 Å². The molecule has 1 unspecified atom stereocenters. The van der Waals surface area contributed by atoms with E-state index in [-0.39, 0.29) is 0 Å². The van der Waals surface area contributed by atoms with Gasteiger partial charge in [-0.1, -0.05) is 30.4 Å². The van der Waals surface area contributed by atoms with Gasteiger partial charge in [-0.15, -0.1) is 0 Å². The minimum absolute atomic E-state index is 0.440. The Kier molecular flexibility index (Phi) is 4.36. The highest BCUT2D eigenvalue weighted by atomic mass is 16.3. The van der Waals surface area contributed by atoms with Crippen LogP contribution in [0.3, 0.4) is 0 Å². The Morgan fingerprint density at radius 3 is 2.93 bits per heavy atom. The van der Waals surface area contributed by atoms with Crippen molar-refractivity contribution < 1.29 is 5.11 Å². The predicted molar refractivity (Wildman–Crippen MR) is 59.8 cm³/mol. The van der Waals surface area contributed by atoms with Crippen LogP contribution in [0.15, 0.2) is 30.3 Å². The molecule has 76 valence electrons. The molecule has 0 aliphatic heterocycles. The highest BCUT2D eigenvalue weighted by Gasteiger charge is 2.05. The molecule has 0 saturated carbocycles. The molecule has 0 aromatic heterocycles. The van der Waals surface area contributed by atoms with Gasteiger partial charge in [0.25, 0.3) is 0 Å². The van der Waals surface area contributed by atoms with Crippen LogP contribution in [0.5, 0.6) is 0 Å². The molecule has 0 fully saturated rings. The summed E-state index contributed by atoms with van der Waals surface area (Å²) in [6.45, 7) is 2.48. The van der Waals surface area contributed by atoms with Gasteiger partial charge in [-0.05, 0) is 37.1 Å². The Bertz CT molecular complexity index is 307. The zero-order valence-electron chi connectivity index (χ0n) is 8.48. The van der Waals surface area contributed by atoms with Gasteiger partial charge in [-0.25, -0.2) is 0 Å². The second-order valence-corrected chi connectivity index (χ2v) is 3.26. The smallest absolute Gasteiger partial charge is 0.0802 e. The average Bonchev–Trinajstić information content (AvgIpc) is 2.19. The van der Waals surface area contributed by atoms with Gasteiger partial charge in [0.2, 0.25) is 0 Å². The summed E-state index contributed by atoms with van der Waals surface area (Å²) in [6.07, 6.45) is 4.16. The summed E-state index contributed by atoms with van der Waals surface area (Å²) in [5.74, 6) is 0. The minimum Gasteiger partial charge on any atom is -0.388 e. The molecule has 0 aliphatic rings. The van der Waals surface area contributed by atoms with Gasteiger partial charge >= 0.3 is 0 Å². The molecule has 1 aromatic rings. The van der Waals surface area contributed by atoms with Crippen molar-refractivity contribution in [3.8, 4) is 0 Å². The minimum atomic E-state index is -0.440. The first-order valence-electron chi connectivity index (χ1n) is 4.88. The molecular weight excluding hydrogens is 174 g/mol. The molecule has 1 atom stereocenters. The second-order valence-electron chi connectivity index (χ2n) is 3.26. The first-order valence-corrected chi connectivity index (χ1v) is 4.88. The third-order valence-electron chi connectivity index (χ3n) is 2.09. The van der Waals surface area contributed by atoms with Crippen molar-refractivity contribution >= 4 is 6.08 Å². The van der Waals surface area contributed by atoms with Gasteiger partial charge < -0.3 is 10.8 Å². The van der Waals surface area contributed by atoms with Crippen LogP contribution in [-0.4, -0.2) is 11.7 Å². The molecule has 2 nitrogen and oxygen atoms in total. The molecule has 0 radical (unpaired) electrons. The van der Waals surface area contributed by atoms with E-state index in [1.165, 1.54) is 0 Å². The lowest BCUT2D eigenvalue weighted by atomic mass is 10.0. The Labute approximate surface area is 85.1 Å². The number of allylic oxidation sites excluding steroid dienone is 1. The van der Waals surface area contributed by atoms with Gasteiger partial charge in [0.05, 0.1) is 6.10 Å². The second kappa shape index (κ2) is 5.58. The van der Waals surface area contributed by atoms with Crippen molar-refractivity contribution in [3.63, 3.8) is 0 Å². The molecule has 3 N–H and O–H groups in total. The SMILES string of the molecule is C/C=C/c1cccc(C(O)CCN)c1. The predicted octanol–water partition coefficient (Wildman–Crippen LogP) is 2.10. The third-order valence-corrected chi connectivity index (χ3v) is 2.09. The van der Waals surface area contributed by atoms with Gasteiger partial charge in [0, 0.05) is 0 Å². The van der Waals surface area contributed by atoms with E-state index in [4.69, 9.17) is 5.73 Å². The van der Waals surface area contributed by atoms with E-state index in [1.807, 2.05) is 43.3 Å². The van der Waals surface area contributed by atoms with Crippen molar-refractivity contribution in [2.75, 3.05) is 6.54 Å². The largest absolute Gasteiger partial charge is 0.388 e. The van der Waals surface area contributed by atoms with Crippen LogP contribution in [0.2, 0.25) is 0 Å². The maximum Gasteiger partial charge on any atom is 0.0802 e. The molecular formula is C12H17NO. The highest BCUT2D eigenvalue weighted by molar-refractivity contribution is 5.50. The molecule has 0 saturated heterocycles. The lowest BCUT2D eigenvalue weighted by molar-refractivity contribution is 0.170. The molecule has 1 aromatic carbocycles. The highest BCUT2D eigenvalue weighted by Crippen LogP contribution is 2.17. The Morgan fingerprint density at radius 1 is 1.50 bits per heavy atom. The number of aliphatic hydroxyl groups is 1. The van der Waals surface area contributed by atoms with E-state index in [0.29, 0.717) is 13.0 Å². The third kappa shape index (κ3) is 2.98. The number of benzene rings is 1. The number of aliphatic hydroxyl groups excluding tert-OH is 1. The van der Waals surface area contributed by atoms with Crippen LogP contribution in [0.25, 0.3) is 6.08 Å². The van der Waals surface area contributed by atoms with Gasteiger partial charge in [0.15, 0.2) is 0 Å². The normalized spacial score (nSPS) is 13.4. The van der Waals surface area contributed by atoms with Crippen molar-refractivity contribution in [1.82, 2.24) is 0 Å². The number of hydrogen-bond donors (Lipinski definition) is 2. The Morgan fingerprint density at radius 2 is 2.29 bits per heavy atom. The van der Waals surface area contributed by atoms with Crippen LogP contribution in [0.4, 0.5) is 0 Å². The van der Waals surface area contributed by atoms with Crippen LogP contribution in [0, 0.1) is 0 Å². The van der Waals surface area contributed by atoms with Gasteiger partial charge in [0.1, 0.15) is 0 Å². The van der Waals surface area contributed by atoms with Crippen molar-refractivity contribution in [2.45, 2.75) is 19.4 Å². The molecule has 1 rings (SSSR count). The average molecular weight is 191 g/mol. The van der Waals surface area contributed by atoms with E-state index >= 15 is 0 Å². The first kappa shape index (κ1) is 11.0. The molecule has 0 aliphatic carbocycles. The molecule has 2 heteroatoms. The summed E-state index contributed by atoms with van der Waals surface area (Å²) in [6, 6.07) is 7.87. The van der Waals surface area contributed by atoms with Crippen LogP contribution in [0.1, 0.15) is 30.6 Å². The Balaban J connectivity index is 2.82. The monoisotopic (exact) mass is 191 g/mol. The van der Waals surface area contributed by atoms with Gasteiger partial charge in [-0.3, -0.25) is 0 Å². The topological polar surface area (TPSA) is 46.2 Å². The lowest BCUT2D eigenvalue weighted by Gasteiger charge is -2.09. The standard InChI is InChI=1S/C12H17NO/c1-2-4-10-5-3-6-11(9-10)12(14)7-8-13/h2-6,9,12,14H,7-8,13H2,1H3/b4-2+. The fourth-order valence-corrected chi connectivity index (χ4v) is 1.39. The summed E-state index contributed by atoms with van der Waals surface area (Å²) in [5.41, 5.74) is 7.44. The molecule has 0 spiro atoms. The van der Waals surface area contributed by atoms with Crippen molar-refractivity contribution in [1.29, 1.82) is 0 Å². The van der Waals surface area contributed by atoms with Crippen LogP contribution >= 0.6 is 0 Å². The zero-order chi connectivity index (χ0) is 10.4. The number of hydrogen-bond acceptors (Lipinski definition) is 2. The molecule has 0 amide bonds. The van der Waals surface area contributed by atoms with E-state index in [9.17, 15) is 5.11 Å². The maximum atomic E-state index is 9.71. The molecule has 0 heterocycles. The quantitative estimate of drug-likeness (QED) is 0.765. The fourth-order valence-electron chi connectivity index (χ4n) is 1.39. The maximum absolute atomic E-state index is 9.71. The van der Waals surface area contributed by atoms with E-state index in [0.717, 1.165) is 11.1 Å². The summed E-state index contributed by atoms with van der Waals surface area (Å²) in [5, 5.41) is 9.71. The molecule has 14 heavy (non-hydrogen) atoms. The van der Waals surface area contributed by atoms with Crippen LogP contribution in [-0.2, 0) is 0 Å².